The molecule has 0 aromatic carbocycles. The Morgan fingerprint density at radius 3 is 2.95 bits per heavy atom. The minimum atomic E-state index is -0.865. The van der Waals surface area contributed by atoms with Crippen molar-refractivity contribution in [1.29, 1.82) is 0 Å². The Balaban J connectivity index is 2.36. The van der Waals surface area contributed by atoms with Crippen LogP contribution in [0.15, 0.2) is 16.7 Å². The maximum Gasteiger partial charge on any atom is 0.305 e. The quantitative estimate of drug-likeness (QED) is 0.858. The number of aliphatic carboxylic acids is 1. The third kappa shape index (κ3) is 2.81. The van der Waals surface area contributed by atoms with E-state index in [0.717, 1.165) is 12.0 Å². The lowest BCUT2D eigenvalue weighted by Gasteiger charge is -2.14. The average molecular weight is 264 g/mol. The Kier molecular flexibility index (Phi) is 3.94. The summed E-state index contributed by atoms with van der Waals surface area (Å²) in [5.41, 5.74) is 0.918. The summed E-state index contributed by atoms with van der Waals surface area (Å²) in [4.78, 5) is 10.9. The van der Waals surface area contributed by atoms with Gasteiger partial charge >= 0.3 is 5.97 Å². The molecule has 0 spiro atoms. The lowest BCUT2D eigenvalue weighted by molar-refractivity contribution is -0.138. The highest BCUT2D eigenvalue weighted by atomic mass is 16.4. The van der Waals surface area contributed by atoms with E-state index >= 15 is 0 Å². The fourth-order valence-corrected chi connectivity index (χ4v) is 2.04. The summed E-state index contributed by atoms with van der Waals surface area (Å²) in [5, 5.41) is 20.5. The number of tetrazole rings is 1. The topological polar surface area (TPSA) is 94.0 Å². The van der Waals surface area contributed by atoms with Crippen LogP contribution in [0.4, 0.5) is 0 Å². The maximum atomic E-state index is 10.9. The van der Waals surface area contributed by atoms with Crippen LogP contribution in [0.3, 0.4) is 0 Å². The van der Waals surface area contributed by atoms with Crippen LogP contribution in [-0.2, 0) is 4.79 Å². The van der Waals surface area contributed by atoms with Gasteiger partial charge < -0.3 is 9.52 Å². The van der Waals surface area contributed by atoms with Crippen molar-refractivity contribution in [2.24, 2.45) is 0 Å². The number of aryl methyl sites for hydroxylation is 1. The Bertz CT molecular complexity index is 561. The second kappa shape index (κ2) is 5.64. The Labute approximate surface area is 110 Å². The van der Waals surface area contributed by atoms with Crippen LogP contribution in [0.2, 0.25) is 0 Å². The zero-order valence-electron chi connectivity index (χ0n) is 10.9. The van der Waals surface area contributed by atoms with Gasteiger partial charge in [0.25, 0.3) is 0 Å². The summed E-state index contributed by atoms with van der Waals surface area (Å²) >= 11 is 0. The molecule has 0 aliphatic rings. The third-order valence-electron chi connectivity index (χ3n) is 2.94. The van der Waals surface area contributed by atoms with E-state index in [1.54, 1.807) is 10.9 Å². The van der Waals surface area contributed by atoms with Crippen molar-refractivity contribution in [1.82, 2.24) is 20.2 Å². The molecule has 1 atom stereocenters. The van der Waals surface area contributed by atoms with Crippen LogP contribution in [0.1, 0.15) is 37.8 Å². The van der Waals surface area contributed by atoms with E-state index in [1.165, 1.54) is 0 Å². The number of carboxylic acid groups (broad SMARTS) is 1. The highest BCUT2D eigenvalue weighted by molar-refractivity contribution is 5.67. The van der Waals surface area contributed by atoms with Gasteiger partial charge in [-0.3, -0.25) is 4.79 Å². The molecular formula is C12H16N4O3. The summed E-state index contributed by atoms with van der Waals surface area (Å²) in [6.45, 7) is 3.89. The SMILES string of the molecule is CCCC(CC(=O)O)n1nnnc1-c1occc1C. The van der Waals surface area contributed by atoms with Gasteiger partial charge in [0.15, 0.2) is 5.76 Å². The largest absolute Gasteiger partial charge is 0.481 e. The predicted molar refractivity (Wildman–Crippen MR) is 66.5 cm³/mol. The lowest BCUT2D eigenvalue weighted by Crippen LogP contribution is -2.16. The molecule has 0 saturated carbocycles. The molecule has 0 radical (unpaired) electrons. The normalized spacial score (nSPS) is 12.5. The molecule has 1 N–H and O–H groups in total. The van der Waals surface area contributed by atoms with Crippen molar-refractivity contribution in [3.05, 3.63) is 17.9 Å². The molecule has 0 saturated heterocycles. The van der Waals surface area contributed by atoms with Crippen molar-refractivity contribution < 1.29 is 14.3 Å². The molecule has 2 aromatic heterocycles. The number of carboxylic acids is 1. The van der Waals surface area contributed by atoms with Crippen molar-refractivity contribution in [2.45, 2.75) is 39.2 Å². The van der Waals surface area contributed by atoms with Gasteiger partial charge in [-0.15, -0.1) is 5.10 Å². The van der Waals surface area contributed by atoms with Crippen LogP contribution in [0, 0.1) is 6.92 Å². The monoisotopic (exact) mass is 264 g/mol. The summed E-state index contributed by atoms with van der Waals surface area (Å²) in [7, 11) is 0. The molecule has 2 rings (SSSR count). The fourth-order valence-electron chi connectivity index (χ4n) is 2.04. The number of furan rings is 1. The second-order valence-corrected chi connectivity index (χ2v) is 4.42. The third-order valence-corrected chi connectivity index (χ3v) is 2.94. The minimum absolute atomic E-state index is 0.00830. The van der Waals surface area contributed by atoms with Gasteiger partial charge in [0.2, 0.25) is 5.82 Å². The maximum absolute atomic E-state index is 10.9. The van der Waals surface area contributed by atoms with Gasteiger partial charge in [-0.25, -0.2) is 4.68 Å². The molecule has 19 heavy (non-hydrogen) atoms. The molecule has 102 valence electrons. The van der Waals surface area contributed by atoms with Crippen LogP contribution < -0.4 is 0 Å². The van der Waals surface area contributed by atoms with Crippen LogP contribution in [0.25, 0.3) is 11.6 Å². The first-order valence-corrected chi connectivity index (χ1v) is 6.17. The van der Waals surface area contributed by atoms with Crippen molar-refractivity contribution in [3.63, 3.8) is 0 Å². The highest BCUT2D eigenvalue weighted by Crippen LogP contribution is 2.26. The predicted octanol–water partition coefficient (Wildman–Crippen LogP) is 2.06. The molecule has 7 nitrogen and oxygen atoms in total. The molecule has 1 unspecified atom stereocenters. The van der Waals surface area contributed by atoms with E-state index in [1.807, 2.05) is 19.9 Å². The van der Waals surface area contributed by atoms with E-state index in [9.17, 15) is 4.79 Å². The zero-order valence-corrected chi connectivity index (χ0v) is 10.9. The minimum Gasteiger partial charge on any atom is -0.481 e. The number of nitrogens with zero attached hydrogens (tertiary/aromatic N) is 4. The number of aromatic nitrogens is 4. The molecule has 0 aliphatic carbocycles. The first-order chi connectivity index (χ1) is 9.13. The van der Waals surface area contributed by atoms with E-state index in [-0.39, 0.29) is 12.5 Å². The summed E-state index contributed by atoms with van der Waals surface area (Å²) in [5.74, 6) is 0.190. The van der Waals surface area contributed by atoms with Crippen LogP contribution in [-0.4, -0.2) is 31.3 Å². The first-order valence-electron chi connectivity index (χ1n) is 6.17. The molecule has 2 aromatic rings. The number of hydrogen-bond donors (Lipinski definition) is 1. The van der Waals surface area contributed by atoms with E-state index in [2.05, 4.69) is 15.5 Å². The molecular weight excluding hydrogens is 248 g/mol. The van der Waals surface area contributed by atoms with Crippen molar-refractivity contribution in [3.8, 4) is 11.6 Å². The van der Waals surface area contributed by atoms with Crippen molar-refractivity contribution in [2.75, 3.05) is 0 Å². The Morgan fingerprint density at radius 1 is 1.58 bits per heavy atom. The molecule has 0 aliphatic heterocycles. The summed E-state index contributed by atoms with van der Waals surface area (Å²) < 4.78 is 6.92. The standard InChI is InChI=1S/C12H16N4O3/c1-3-4-9(7-10(17)18)16-12(13-14-15-16)11-8(2)5-6-19-11/h5-6,9H,3-4,7H2,1-2H3,(H,17,18). The van der Waals surface area contributed by atoms with Crippen molar-refractivity contribution >= 4 is 5.97 Å². The van der Waals surface area contributed by atoms with Gasteiger partial charge in [0.1, 0.15) is 0 Å². The second-order valence-electron chi connectivity index (χ2n) is 4.42. The smallest absolute Gasteiger partial charge is 0.305 e. The van der Waals surface area contributed by atoms with E-state index in [0.29, 0.717) is 18.0 Å². The zero-order chi connectivity index (χ0) is 13.8. The molecule has 7 heteroatoms. The van der Waals surface area contributed by atoms with Crippen LogP contribution >= 0.6 is 0 Å². The van der Waals surface area contributed by atoms with Gasteiger partial charge in [-0.2, -0.15) is 0 Å². The molecule has 2 heterocycles. The first kappa shape index (κ1) is 13.3. The summed E-state index contributed by atoms with van der Waals surface area (Å²) in [6, 6.07) is 1.55. The van der Waals surface area contributed by atoms with Gasteiger partial charge in [0.05, 0.1) is 18.7 Å². The summed E-state index contributed by atoms with van der Waals surface area (Å²) in [6.07, 6.45) is 3.11. The number of rotatable bonds is 6. The van der Waals surface area contributed by atoms with Crippen LogP contribution in [0.5, 0.6) is 0 Å². The Hall–Kier alpha value is -2.18. The molecule has 0 fully saturated rings. The molecule has 0 amide bonds. The van der Waals surface area contributed by atoms with Gasteiger partial charge in [-0.05, 0) is 35.4 Å². The number of hydrogen-bond acceptors (Lipinski definition) is 5. The molecule has 0 bridgehead atoms. The van der Waals surface area contributed by atoms with Gasteiger partial charge in [-0.1, -0.05) is 13.3 Å². The highest BCUT2D eigenvalue weighted by Gasteiger charge is 2.22. The lowest BCUT2D eigenvalue weighted by atomic mass is 10.1. The average Bonchev–Trinajstić information content (AvgIpc) is 2.95. The fraction of sp³-hybridized carbons (Fsp3) is 0.500. The number of carbonyl (C=O) groups is 1. The van der Waals surface area contributed by atoms with Gasteiger partial charge in [0, 0.05) is 0 Å². The van der Waals surface area contributed by atoms with E-state index in [4.69, 9.17) is 9.52 Å². The van der Waals surface area contributed by atoms with E-state index < -0.39 is 5.97 Å². The Morgan fingerprint density at radius 2 is 2.37 bits per heavy atom.